The molecule has 1 amide bonds. The van der Waals surface area contributed by atoms with Crippen LogP contribution in [0.2, 0.25) is 0 Å². The van der Waals surface area contributed by atoms with Crippen molar-refractivity contribution in [2.24, 2.45) is 0 Å². The van der Waals surface area contributed by atoms with E-state index in [0.29, 0.717) is 19.8 Å². The van der Waals surface area contributed by atoms with Crippen LogP contribution in [0.4, 0.5) is 4.39 Å². The molecule has 0 aliphatic carbocycles. The number of ether oxygens (including phenoxy) is 1. The number of benzene rings is 1. The Morgan fingerprint density at radius 1 is 1.56 bits per heavy atom. The summed E-state index contributed by atoms with van der Waals surface area (Å²) in [5.41, 5.74) is 1.20. The van der Waals surface area contributed by atoms with Gasteiger partial charge in [-0.1, -0.05) is 18.2 Å². The van der Waals surface area contributed by atoms with Gasteiger partial charge in [0.05, 0.1) is 23.2 Å². The fourth-order valence-corrected chi connectivity index (χ4v) is 1.70. The van der Waals surface area contributed by atoms with Gasteiger partial charge in [-0.15, -0.1) is 0 Å². The lowest BCUT2D eigenvalue weighted by molar-refractivity contribution is 0.0925. The second-order valence-corrected chi connectivity index (χ2v) is 4.66. The zero-order valence-electron chi connectivity index (χ0n) is 10.1. The Hall–Kier alpha value is -1.20. The van der Waals surface area contributed by atoms with E-state index in [2.05, 4.69) is 27.8 Å². The fraction of sp³-hybridized carbons (Fsp3) is 0.308. The molecule has 98 valence electrons. The smallest absolute Gasteiger partial charge is 0.252 e. The Labute approximate surface area is 114 Å². The first-order valence-corrected chi connectivity index (χ1v) is 6.26. The van der Waals surface area contributed by atoms with E-state index in [1.165, 1.54) is 12.1 Å². The third-order valence-corrected chi connectivity index (χ3v) is 2.88. The van der Waals surface area contributed by atoms with Gasteiger partial charge >= 0.3 is 0 Å². The molecule has 1 aromatic carbocycles. The van der Waals surface area contributed by atoms with Crippen molar-refractivity contribution < 1.29 is 13.9 Å². The predicted octanol–water partition coefficient (Wildman–Crippen LogP) is 2.91. The lowest BCUT2D eigenvalue weighted by Gasteiger charge is -2.08. The minimum absolute atomic E-state index is 0.172. The van der Waals surface area contributed by atoms with Gasteiger partial charge in [-0.2, -0.15) is 0 Å². The standard InChI is InChI=1S/C13H15BrFNO2/c1-9(2)8-18-7-6-16-13(17)10-4-3-5-11(15)12(10)14/h3-5H,1,6-8H2,2H3,(H,16,17). The van der Waals surface area contributed by atoms with E-state index in [1.807, 2.05) is 6.92 Å². The largest absolute Gasteiger partial charge is 0.375 e. The highest BCUT2D eigenvalue weighted by Crippen LogP contribution is 2.19. The topological polar surface area (TPSA) is 38.3 Å². The van der Waals surface area contributed by atoms with Gasteiger partial charge in [-0.25, -0.2) is 4.39 Å². The van der Waals surface area contributed by atoms with Gasteiger partial charge in [0.15, 0.2) is 0 Å². The molecule has 0 atom stereocenters. The molecule has 0 aromatic heterocycles. The molecule has 0 radical (unpaired) electrons. The molecule has 0 saturated heterocycles. The zero-order chi connectivity index (χ0) is 13.5. The normalized spacial score (nSPS) is 10.2. The molecule has 0 spiro atoms. The maximum absolute atomic E-state index is 13.2. The van der Waals surface area contributed by atoms with E-state index in [1.54, 1.807) is 6.07 Å². The Kier molecular flexibility index (Phi) is 6.01. The van der Waals surface area contributed by atoms with Crippen molar-refractivity contribution in [3.8, 4) is 0 Å². The van der Waals surface area contributed by atoms with E-state index in [9.17, 15) is 9.18 Å². The van der Waals surface area contributed by atoms with Crippen LogP contribution in [-0.2, 0) is 4.74 Å². The average Bonchev–Trinajstić information content (AvgIpc) is 2.31. The molecule has 1 rings (SSSR count). The van der Waals surface area contributed by atoms with Gasteiger partial charge in [0.25, 0.3) is 5.91 Å². The highest BCUT2D eigenvalue weighted by Gasteiger charge is 2.12. The molecule has 0 fully saturated rings. The third-order valence-electron chi connectivity index (χ3n) is 2.08. The number of hydrogen-bond acceptors (Lipinski definition) is 2. The predicted molar refractivity (Wildman–Crippen MR) is 72.1 cm³/mol. The number of hydrogen-bond donors (Lipinski definition) is 1. The molecular formula is C13H15BrFNO2. The van der Waals surface area contributed by atoms with Crippen LogP contribution in [0.5, 0.6) is 0 Å². The number of carbonyl (C=O) groups excluding carboxylic acids is 1. The van der Waals surface area contributed by atoms with E-state index >= 15 is 0 Å². The van der Waals surface area contributed by atoms with Crippen molar-refractivity contribution in [1.29, 1.82) is 0 Å². The minimum Gasteiger partial charge on any atom is -0.375 e. The summed E-state index contributed by atoms with van der Waals surface area (Å²) in [4.78, 5) is 11.7. The molecular weight excluding hydrogens is 301 g/mol. The summed E-state index contributed by atoms with van der Waals surface area (Å²) in [7, 11) is 0. The van der Waals surface area contributed by atoms with Crippen molar-refractivity contribution in [1.82, 2.24) is 5.32 Å². The molecule has 3 nitrogen and oxygen atoms in total. The first-order valence-electron chi connectivity index (χ1n) is 5.46. The van der Waals surface area contributed by atoms with Crippen LogP contribution in [0.15, 0.2) is 34.8 Å². The maximum Gasteiger partial charge on any atom is 0.252 e. The Bertz CT molecular complexity index is 449. The number of halogens is 2. The molecule has 1 aromatic rings. The molecule has 0 aliphatic rings. The van der Waals surface area contributed by atoms with Crippen molar-refractivity contribution in [2.45, 2.75) is 6.92 Å². The summed E-state index contributed by atoms with van der Waals surface area (Å²) < 4.78 is 18.6. The summed E-state index contributed by atoms with van der Waals surface area (Å²) in [6.45, 7) is 6.80. The van der Waals surface area contributed by atoms with Crippen LogP contribution >= 0.6 is 15.9 Å². The van der Waals surface area contributed by atoms with Gasteiger partial charge in [0.2, 0.25) is 0 Å². The highest BCUT2D eigenvalue weighted by atomic mass is 79.9. The summed E-state index contributed by atoms with van der Waals surface area (Å²) in [5, 5.41) is 2.65. The summed E-state index contributed by atoms with van der Waals surface area (Å²) >= 11 is 3.04. The van der Waals surface area contributed by atoms with Gasteiger partial charge in [-0.05, 0) is 35.0 Å². The quantitative estimate of drug-likeness (QED) is 0.647. The van der Waals surface area contributed by atoms with Crippen LogP contribution in [0.25, 0.3) is 0 Å². The van der Waals surface area contributed by atoms with Gasteiger partial charge in [0.1, 0.15) is 5.82 Å². The third kappa shape index (κ3) is 4.58. The number of rotatable bonds is 6. The first-order chi connectivity index (χ1) is 8.52. The van der Waals surface area contributed by atoms with Crippen LogP contribution in [0, 0.1) is 5.82 Å². The molecule has 0 aliphatic heterocycles. The van der Waals surface area contributed by atoms with E-state index in [-0.39, 0.29) is 15.9 Å². The van der Waals surface area contributed by atoms with E-state index in [4.69, 9.17) is 4.74 Å². The number of nitrogens with one attached hydrogen (secondary N) is 1. The Morgan fingerprint density at radius 2 is 2.28 bits per heavy atom. The number of carbonyl (C=O) groups is 1. The lowest BCUT2D eigenvalue weighted by Crippen LogP contribution is -2.27. The SMILES string of the molecule is C=C(C)COCCNC(=O)c1cccc(F)c1Br. The van der Waals surface area contributed by atoms with Crippen LogP contribution in [0.1, 0.15) is 17.3 Å². The van der Waals surface area contributed by atoms with Crippen molar-refractivity contribution >= 4 is 21.8 Å². The Morgan fingerprint density at radius 3 is 2.94 bits per heavy atom. The van der Waals surface area contributed by atoms with Crippen LogP contribution in [-0.4, -0.2) is 25.7 Å². The molecule has 1 N–H and O–H groups in total. The second-order valence-electron chi connectivity index (χ2n) is 3.87. The fourth-order valence-electron chi connectivity index (χ4n) is 1.26. The lowest BCUT2D eigenvalue weighted by atomic mass is 10.2. The molecule has 0 heterocycles. The van der Waals surface area contributed by atoms with E-state index < -0.39 is 5.82 Å². The van der Waals surface area contributed by atoms with E-state index in [0.717, 1.165) is 5.57 Å². The summed E-state index contributed by atoms with van der Waals surface area (Å²) in [6.07, 6.45) is 0. The van der Waals surface area contributed by atoms with Crippen molar-refractivity contribution in [3.63, 3.8) is 0 Å². The van der Waals surface area contributed by atoms with Crippen LogP contribution < -0.4 is 5.32 Å². The Balaban J connectivity index is 2.41. The monoisotopic (exact) mass is 315 g/mol. The first kappa shape index (κ1) is 14.9. The average molecular weight is 316 g/mol. The summed E-state index contributed by atoms with van der Waals surface area (Å²) in [6, 6.07) is 4.33. The zero-order valence-corrected chi connectivity index (χ0v) is 11.7. The van der Waals surface area contributed by atoms with Crippen molar-refractivity contribution in [2.75, 3.05) is 19.8 Å². The van der Waals surface area contributed by atoms with Crippen molar-refractivity contribution in [3.05, 3.63) is 46.2 Å². The van der Waals surface area contributed by atoms with Gasteiger partial charge in [0, 0.05) is 6.54 Å². The second kappa shape index (κ2) is 7.28. The highest BCUT2D eigenvalue weighted by molar-refractivity contribution is 9.10. The minimum atomic E-state index is -0.457. The molecule has 5 heteroatoms. The number of amides is 1. The molecule has 0 unspecified atom stereocenters. The summed E-state index contributed by atoms with van der Waals surface area (Å²) in [5.74, 6) is -0.790. The maximum atomic E-state index is 13.2. The van der Waals surface area contributed by atoms with Gasteiger partial charge in [-0.3, -0.25) is 4.79 Å². The van der Waals surface area contributed by atoms with Gasteiger partial charge < -0.3 is 10.1 Å². The molecule has 18 heavy (non-hydrogen) atoms. The molecule has 0 bridgehead atoms. The van der Waals surface area contributed by atoms with Crippen LogP contribution in [0.3, 0.4) is 0 Å². The molecule has 0 saturated carbocycles.